The molecule has 0 saturated heterocycles. The Labute approximate surface area is 236 Å². The second-order valence-electron chi connectivity index (χ2n) is 10.4. The van der Waals surface area contributed by atoms with Gasteiger partial charge in [-0.15, -0.1) is 0 Å². The van der Waals surface area contributed by atoms with Gasteiger partial charge in [0.05, 0.1) is 13.2 Å². The number of aliphatic hydroxyl groups excluding tert-OH is 4. The highest BCUT2D eigenvalue weighted by Gasteiger charge is 2.16. The molecular weight excluding hydrogens is 504 g/mol. The summed E-state index contributed by atoms with van der Waals surface area (Å²) in [7, 11) is 0. The lowest BCUT2D eigenvalue weighted by Gasteiger charge is -2.23. The molecule has 10 nitrogen and oxygen atoms in total. The number of nitrogens with one attached hydrogen (secondary N) is 1. The van der Waals surface area contributed by atoms with Gasteiger partial charge in [-0.1, -0.05) is 103 Å². The van der Waals surface area contributed by atoms with Gasteiger partial charge in [-0.05, 0) is 12.8 Å². The Morgan fingerprint density at radius 2 is 1.05 bits per heavy atom. The molecule has 0 radical (unpaired) electrons. The molecule has 2 unspecified atom stereocenters. The first-order valence-electron chi connectivity index (χ1n) is 15.3. The van der Waals surface area contributed by atoms with Gasteiger partial charge in [0.2, 0.25) is 0 Å². The Hall–Kier alpha value is -1.62. The van der Waals surface area contributed by atoms with E-state index in [0.717, 1.165) is 19.3 Å². The lowest BCUT2D eigenvalue weighted by atomic mass is 10.0. The molecule has 0 aromatic heterocycles. The second-order valence-corrected chi connectivity index (χ2v) is 10.4. The van der Waals surface area contributed by atoms with E-state index in [9.17, 15) is 19.8 Å². The van der Waals surface area contributed by atoms with Crippen molar-refractivity contribution in [1.29, 1.82) is 0 Å². The molecule has 39 heavy (non-hydrogen) atoms. The highest BCUT2D eigenvalue weighted by molar-refractivity contribution is 5.68. The fourth-order valence-electron chi connectivity index (χ4n) is 4.19. The molecule has 0 aromatic carbocycles. The molecule has 0 aliphatic carbocycles. The van der Waals surface area contributed by atoms with Crippen molar-refractivity contribution in [2.24, 2.45) is 0 Å². The van der Waals surface area contributed by atoms with Crippen LogP contribution in [0.5, 0.6) is 0 Å². The minimum absolute atomic E-state index is 0.260. The maximum Gasteiger partial charge on any atom is 0.409 e. The number of nitrogens with zero attached hydrogens (tertiary/aromatic N) is 1. The molecule has 0 aromatic rings. The Balaban J connectivity index is 3.98. The minimum atomic E-state index is -1.12. The Morgan fingerprint density at radius 3 is 1.51 bits per heavy atom. The molecule has 5 N–H and O–H groups in total. The van der Waals surface area contributed by atoms with Gasteiger partial charge in [0, 0.05) is 19.6 Å². The third kappa shape index (κ3) is 25.1. The molecule has 0 spiro atoms. The Bertz CT molecular complexity index is 567. The van der Waals surface area contributed by atoms with Gasteiger partial charge >= 0.3 is 12.2 Å². The van der Waals surface area contributed by atoms with Gasteiger partial charge in [0.15, 0.2) is 0 Å². The first kappa shape index (κ1) is 37.4. The van der Waals surface area contributed by atoms with Crippen molar-refractivity contribution in [1.82, 2.24) is 10.2 Å². The van der Waals surface area contributed by atoms with Crippen molar-refractivity contribution in [3.63, 3.8) is 0 Å². The van der Waals surface area contributed by atoms with Crippen LogP contribution < -0.4 is 5.32 Å². The number of carbonyl (C=O) groups excluding carboxylic acids is 2. The zero-order chi connectivity index (χ0) is 29.0. The number of carbonyl (C=O) groups is 2. The molecule has 2 amide bonds. The van der Waals surface area contributed by atoms with E-state index in [0.29, 0.717) is 19.5 Å². The normalized spacial score (nSPS) is 12.6. The van der Waals surface area contributed by atoms with Crippen LogP contribution in [-0.2, 0) is 9.47 Å². The van der Waals surface area contributed by atoms with Crippen molar-refractivity contribution in [3.8, 4) is 0 Å². The van der Waals surface area contributed by atoms with E-state index in [1.807, 2.05) is 0 Å². The first-order valence-corrected chi connectivity index (χ1v) is 15.3. The number of hydrogen-bond acceptors (Lipinski definition) is 8. The van der Waals surface area contributed by atoms with Gasteiger partial charge < -0.3 is 40.1 Å². The molecule has 0 fully saturated rings. The predicted octanol–water partition coefficient (Wildman–Crippen LogP) is 4.51. The average molecular weight is 563 g/mol. The summed E-state index contributed by atoms with van der Waals surface area (Å²) in [5.41, 5.74) is 0. The highest BCUT2D eigenvalue weighted by Crippen LogP contribution is 2.14. The summed E-state index contributed by atoms with van der Waals surface area (Å²) in [4.78, 5) is 25.6. The number of aliphatic hydroxyl groups is 4. The van der Waals surface area contributed by atoms with Crippen LogP contribution >= 0.6 is 0 Å². The Morgan fingerprint density at radius 1 is 0.641 bits per heavy atom. The highest BCUT2D eigenvalue weighted by atomic mass is 16.6. The number of amides is 2. The Kier molecular flexibility index (Phi) is 26.8. The van der Waals surface area contributed by atoms with Gasteiger partial charge in [0.25, 0.3) is 0 Å². The van der Waals surface area contributed by atoms with Crippen LogP contribution in [0.15, 0.2) is 0 Å². The van der Waals surface area contributed by atoms with E-state index in [1.54, 1.807) is 4.90 Å². The van der Waals surface area contributed by atoms with Crippen LogP contribution in [0.2, 0.25) is 0 Å². The molecule has 0 aliphatic rings. The van der Waals surface area contributed by atoms with Crippen LogP contribution in [0.4, 0.5) is 9.59 Å². The molecule has 0 rings (SSSR count). The number of ether oxygens (including phenoxy) is 2. The largest absolute Gasteiger partial charge is 0.447 e. The van der Waals surface area contributed by atoms with E-state index >= 15 is 0 Å². The summed E-state index contributed by atoms with van der Waals surface area (Å²) in [5, 5.41) is 38.9. The zero-order valence-electron chi connectivity index (χ0n) is 24.5. The zero-order valence-corrected chi connectivity index (χ0v) is 24.5. The average Bonchev–Trinajstić information content (AvgIpc) is 2.94. The summed E-state index contributed by atoms with van der Waals surface area (Å²) >= 11 is 0. The molecule has 2 atom stereocenters. The number of unbranched alkanes of at least 4 members (excludes halogenated alkanes) is 15. The van der Waals surface area contributed by atoms with Crippen LogP contribution in [-0.4, -0.2) is 95.8 Å². The summed E-state index contributed by atoms with van der Waals surface area (Å²) < 4.78 is 9.88. The number of rotatable bonds is 27. The molecule has 232 valence electrons. The van der Waals surface area contributed by atoms with Crippen LogP contribution in [0, 0.1) is 0 Å². The molecule has 0 saturated carbocycles. The molecule has 10 heteroatoms. The maximum atomic E-state index is 12.4. The van der Waals surface area contributed by atoms with Crippen LogP contribution in [0.25, 0.3) is 0 Å². The number of alkyl carbamates (subject to hydrolysis) is 1. The van der Waals surface area contributed by atoms with Gasteiger partial charge in [-0.2, -0.15) is 0 Å². The third-order valence-electron chi connectivity index (χ3n) is 6.64. The molecule has 0 heterocycles. The fraction of sp³-hybridized carbons (Fsp3) is 0.931. The van der Waals surface area contributed by atoms with E-state index in [4.69, 9.17) is 19.7 Å². The summed E-state index contributed by atoms with van der Waals surface area (Å²) in [5.74, 6) is 0. The van der Waals surface area contributed by atoms with Gasteiger partial charge in [-0.25, -0.2) is 9.59 Å². The van der Waals surface area contributed by atoms with E-state index < -0.39 is 37.6 Å². The summed E-state index contributed by atoms with van der Waals surface area (Å²) in [6, 6.07) is 0. The lowest BCUT2D eigenvalue weighted by molar-refractivity contribution is 0.0197. The van der Waals surface area contributed by atoms with Crippen molar-refractivity contribution in [3.05, 3.63) is 0 Å². The maximum absolute atomic E-state index is 12.4. The topological polar surface area (TPSA) is 149 Å². The lowest BCUT2D eigenvalue weighted by Crippen LogP contribution is -2.37. The number of hydrogen-bond donors (Lipinski definition) is 5. The van der Waals surface area contributed by atoms with Gasteiger partial charge in [0.1, 0.15) is 25.4 Å². The summed E-state index contributed by atoms with van der Waals surface area (Å²) in [6.07, 6.45) is 17.3. The van der Waals surface area contributed by atoms with Crippen molar-refractivity contribution in [2.45, 2.75) is 128 Å². The first-order chi connectivity index (χ1) is 18.9. The molecule has 0 bridgehead atoms. The second kappa shape index (κ2) is 27.9. The van der Waals surface area contributed by atoms with E-state index in [1.165, 1.54) is 83.5 Å². The molecule has 0 aliphatic heterocycles. The van der Waals surface area contributed by atoms with Crippen molar-refractivity contribution in [2.75, 3.05) is 46.1 Å². The van der Waals surface area contributed by atoms with Crippen LogP contribution in [0.3, 0.4) is 0 Å². The monoisotopic (exact) mass is 562 g/mol. The van der Waals surface area contributed by atoms with Crippen molar-refractivity contribution >= 4 is 12.2 Å². The minimum Gasteiger partial charge on any atom is -0.447 e. The summed E-state index contributed by atoms with van der Waals surface area (Å²) in [6.45, 7) is 1.84. The van der Waals surface area contributed by atoms with Crippen molar-refractivity contribution < 1.29 is 39.5 Å². The standard InChI is InChI=1S/C29H58N2O8/c1-2-3-4-5-6-7-8-9-10-11-12-13-14-15-16-17-20-31(29(37)39-25-27(35)23-33)21-18-19-30-28(36)38-24-26(34)22-32/h26-27,32-35H,2-25H2,1H3,(H,30,36). The molecular formula is C29H58N2O8. The fourth-order valence-corrected chi connectivity index (χ4v) is 4.19. The van der Waals surface area contributed by atoms with Crippen LogP contribution in [0.1, 0.15) is 116 Å². The SMILES string of the molecule is CCCCCCCCCCCCCCCCCCN(CCCNC(=O)OCC(O)CO)C(=O)OCC(O)CO. The van der Waals surface area contributed by atoms with E-state index in [-0.39, 0.29) is 19.8 Å². The van der Waals surface area contributed by atoms with Gasteiger partial charge in [-0.3, -0.25) is 0 Å². The smallest absolute Gasteiger partial charge is 0.409 e. The van der Waals surface area contributed by atoms with E-state index in [2.05, 4.69) is 12.2 Å². The predicted molar refractivity (Wildman–Crippen MR) is 153 cm³/mol. The third-order valence-corrected chi connectivity index (χ3v) is 6.64. The quantitative estimate of drug-likeness (QED) is 0.0919.